The number of pyridine rings is 1. The third-order valence-corrected chi connectivity index (χ3v) is 10.5. The lowest BCUT2D eigenvalue weighted by Gasteiger charge is -2.35. The second-order valence-corrected chi connectivity index (χ2v) is 13.8. The molecule has 6 nitrogen and oxygen atoms in total. The maximum absolute atomic E-state index is 13.0. The van der Waals surface area contributed by atoms with Gasteiger partial charge in [0.15, 0.2) is 9.84 Å². The van der Waals surface area contributed by atoms with Gasteiger partial charge in [0, 0.05) is 30.2 Å². The van der Waals surface area contributed by atoms with Gasteiger partial charge in [-0.1, -0.05) is 20.8 Å². The molecule has 0 unspecified atom stereocenters. The van der Waals surface area contributed by atoms with E-state index in [2.05, 4.69) is 29.0 Å². The van der Waals surface area contributed by atoms with Gasteiger partial charge in [-0.05, 0) is 61.3 Å². The molecule has 1 aliphatic carbocycles. The zero-order valence-electron chi connectivity index (χ0n) is 21.3. The van der Waals surface area contributed by atoms with E-state index in [0.717, 1.165) is 17.0 Å². The Morgan fingerprint density at radius 1 is 1.22 bits per heavy atom. The highest BCUT2D eigenvalue weighted by atomic mass is 32.2. The highest BCUT2D eigenvalue weighted by molar-refractivity contribution is 7.91. The van der Waals surface area contributed by atoms with Crippen molar-refractivity contribution in [3.05, 3.63) is 45.4 Å². The van der Waals surface area contributed by atoms with E-state index in [4.69, 9.17) is 0 Å². The van der Waals surface area contributed by atoms with Crippen LogP contribution in [0.2, 0.25) is 0 Å². The maximum Gasteiger partial charge on any atom is 0.391 e. The molecule has 1 fully saturated rings. The van der Waals surface area contributed by atoms with Crippen LogP contribution in [0.5, 0.6) is 0 Å². The molecule has 0 saturated heterocycles. The van der Waals surface area contributed by atoms with Crippen LogP contribution in [0.4, 0.5) is 13.2 Å². The lowest BCUT2D eigenvalue weighted by molar-refractivity contribution is -0.184. The van der Waals surface area contributed by atoms with Gasteiger partial charge in [0.25, 0.3) is 5.91 Å². The number of hydrogen-bond donors (Lipinski definition) is 1. The molecule has 1 saturated carbocycles. The Morgan fingerprint density at radius 3 is 2.49 bits per heavy atom. The number of carbonyl (C=O) groups excluding carboxylic acids is 1. The summed E-state index contributed by atoms with van der Waals surface area (Å²) in [6.45, 7) is 7.53. The van der Waals surface area contributed by atoms with Crippen molar-refractivity contribution in [1.82, 2.24) is 15.2 Å². The number of halogens is 3. The number of fused-ring (bicyclic) bond motifs is 1. The normalized spacial score (nSPS) is 22.8. The number of alkyl halides is 3. The molecule has 1 atom stereocenters. The molecule has 1 N–H and O–H groups in total. The Balaban J connectivity index is 1.36. The highest BCUT2D eigenvalue weighted by Gasteiger charge is 2.42. The van der Waals surface area contributed by atoms with Crippen molar-refractivity contribution < 1.29 is 26.4 Å². The monoisotopic (exact) mass is 557 g/mol. The predicted molar refractivity (Wildman–Crippen MR) is 137 cm³/mol. The number of hydrogen-bond acceptors (Lipinski definition) is 6. The minimum Gasteiger partial charge on any atom is -0.346 e. The Hall–Kier alpha value is -1.98. The fourth-order valence-corrected chi connectivity index (χ4v) is 7.66. The van der Waals surface area contributed by atoms with Crippen molar-refractivity contribution in [2.24, 2.45) is 17.8 Å². The Labute approximate surface area is 220 Å². The zero-order chi connectivity index (χ0) is 27.0. The first-order valence-electron chi connectivity index (χ1n) is 12.8. The summed E-state index contributed by atoms with van der Waals surface area (Å²) in [7, 11) is -3.32. The molecular weight excluding hydrogens is 523 g/mol. The highest BCUT2D eigenvalue weighted by Crippen LogP contribution is 2.46. The number of amides is 1. The van der Waals surface area contributed by atoms with Gasteiger partial charge in [-0.2, -0.15) is 13.2 Å². The first-order chi connectivity index (χ1) is 17.4. The van der Waals surface area contributed by atoms with Gasteiger partial charge in [0.2, 0.25) is 0 Å². The number of nitrogens with zero attached hydrogens (tertiary/aromatic N) is 2. The molecule has 2 aliphatic rings. The summed E-state index contributed by atoms with van der Waals surface area (Å²) < 4.78 is 63.0. The van der Waals surface area contributed by atoms with E-state index >= 15 is 0 Å². The lowest BCUT2D eigenvalue weighted by atomic mass is 9.81. The van der Waals surface area contributed by atoms with Gasteiger partial charge >= 0.3 is 6.18 Å². The van der Waals surface area contributed by atoms with Gasteiger partial charge in [-0.15, -0.1) is 11.3 Å². The molecular formula is C26H34F3N3O3S2. The number of rotatable bonds is 8. The molecule has 1 aliphatic heterocycles. The van der Waals surface area contributed by atoms with Crippen LogP contribution in [-0.4, -0.2) is 42.7 Å². The average molecular weight is 558 g/mol. The van der Waals surface area contributed by atoms with Crippen LogP contribution in [0.25, 0.3) is 0 Å². The van der Waals surface area contributed by atoms with Crippen LogP contribution in [0, 0.1) is 17.8 Å². The van der Waals surface area contributed by atoms with E-state index in [-0.39, 0.29) is 47.9 Å². The molecule has 37 heavy (non-hydrogen) atoms. The number of sulfone groups is 1. The van der Waals surface area contributed by atoms with Crippen molar-refractivity contribution >= 4 is 27.1 Å². The molecule has 0 bridgehead atoms. The fourth-order valence-electron chi connectivity index (χ4n) is 5.44. The number of aromatic nitrogens is 1. The van der Waals surface area contributed by atoms with E-state index in [1.54, 1.807) is 13.0 Å². The minimum atomic E-state index is -4.09. The van der Waals surface area contributed by atoms with Crippen molar-refractivity contribution in [2.45, 2.75) is 76.7 Å². The molecule has 4 rings (SSSR count). The average Bonchev–Trinajstić information content (AvgIpc) is 3.40. The molecule has 0 aromatic carbocycles. The summed E-state index contributed by atoms with van der Waals surface area (Å²) in [5, 5.41) is 2.87. The van der Waals surface area contributed by atoms with Gasteiger partial charge in [0.1, 0.15) is 0 Å². The molecule has 2 aromatic rings. The Morgan fingerprint density at radius 2 is 1.92 bits per heavy atom. The summed E-state index contributed by atoms with van der Waals surface area (Å²) in [5.74, 6) is -0.788. The van der Waals surface area contributed by atoms with Gasteiger partial charge in [-0.25, -0.2) is 8.42 Å². The molecule has 204 valence electrons. The Kier molecular flexibility index (Phi) is 8.35. The van der Waals surface area contributed by atoms with Crippen molar-refractivity contribution in [3.63, 3.8) is 0 Å². The smallest absolute Gasteiger partial charge is 0.346 e. The lowest BCUT2D eigenvalue weighted by Crippen LogP contribution is -2.35. The Bertz CT molecular complexity index is 1200. The van der Waals surface area contributed by atoms with Crippen molar-refractivity contribution in [2.75, 3.05) is 12.3 Å². The largest absolute Gasteiger partial charge is 0.391 e. The van der Waals surface area contributed by atoms with Crippen LogP contribution in [0.15, 0.2) is 29.3 Å². The topological polar surface area (TPSA) is 79.4 Å². The van der Waals surface area contributed by atoms with Gasteiger partial charge in [-0.3, -0.25) is 14.7 Å². The van der Waals surface area contributed by atoms with Crippen molar-refractivity contribution in [1.29, 1.82) is 0 Å². The summed E-state index contributed by atoms with van der Waals surface area (Å²) in [4.78, 5) is 21.3. The standard InChI is InChI=1S/C26H34F3N3O3S2/c1-4-37(34,35)21-10-9-20(30-13-21)12-31-25(33)22-11-18-15-32(23(16(2)3)24(18)36-22)14-17-5-7-19(8-6-17)26(27,28)29/h9-11,13,16-17,19,23H,4-8,12,14-15H2,1-3H3,(H,31,33)/t17-,19-,23-/m0/s1. The molecule has 1 amide bonds. The minimum absolute atomic E-state index is 0.00177. The fraction of sp³-hybridized carbons (Fsp3) is 0.615. The quantitative estimate of drug-likeness (QED) is 0.447. The molecule has 2 aromatic heterocycles. The first-order valence-corrected chi connectivity index (χ1v) is 15.2. The van der Waals surface area contributed by atoms with Gasteiger partial charge in [0.05, 0.1) is 33.7 Å². The first kappa shape index (κ1) is 28.0. The van der Waals surface area contributed by atoms with E-state index in [1.807, 2.05) is 6.07 Å². The van der Waals surface area contributed by atoms with E-state index in [0.29, 0.717) is 35.9 Å². The second-order valence-electron chi connectivity index (χ2n) is 10.4. The summed E-state index contributed by atoms with van der Waals surface area (Å²) >= 11 is 1.48. The molecule has 11 heteroatoms. The van der Waals surface area contributed by atoms with Crippen LogP contribution in [0.3, 0.4) is 0 Å². The summed E-state index contributed by atoms with van der Waals surface area (Å²) in [5.41, 5.74) is 1.68. The van der Waals surface area contributed by atoms with Crippen LogP contribution in [0.1, 0.15) is 78.3 Å². The third kappa shape index (κ3) is 6.37. The summed E-state index contributed by atoms with van der Waals surface area (Å²) in [6, 6.07) is 5.18. The predicted octanol–water partition coefficient (Wildman–Crippen LogP) is 5.75. The van der Waals surface area contributed by atoms with E-state index in [1.165, 1.54) is 23.6 Å². The van der Waals surface area contributed by atoms with E-state index in [9.17, 15) is 26.4 Å². The SMILES string of the molecule is CCS(=O)(=O)c1ccc(CNC(=O)c2cc3c(s2)[C@H](C(C)C)N(C[C@H]2CC[C@H](C(F)(F)F)CC2)C3)nc1. The zero-order valence-corrected chi connectivity index (χ0v) is 23.0. The maximum atomic E-state index is 13.0. The number of thiophene rings is 1. The van der Waals surface area contributed by atoms with Crippen LogP contribution in [-0.2, 0) is 22.9 Å². The second kappa shape index (κ2) is 11.0. The summed E-state index contributed by atoms with van der Waals surface area (Å²) in [6.07, 6.45) is -1.13. The van der Waals surface area contributed by atoms with Gasteiger partial charge < -0.3 is 5.32 Å². The molecule has 0 spiro atoms. The van der Waals surface area contributed by atoms with Crippen LogP contribution < -0.4 is 5.32 Å². The molecule has 0 radical (unpaired) electrons. The number of carbonyl (C=O) groups is 1. The van der Waals surface area contributed by atoms with E-state index < -0.39 is 21.9 Å². The van der Waals surface area contributed by atoms with Crippen LogP contribution >= 0.6 is 11.3 Å². The number of nitrogens with one attached hydrogen (secondary N) is 1. The molecule has 3 heterocycles. The van der Waals surface area contributed by atoms with Crippen molar-refractivity contribution in [3.8, 4) is 0 Å². The third-order valence-electron chi connectivity index (χ3n) is 7.50.